The van der Waals surface area contributed by atoms with Crippen LogP contribution in [0.4, 0.5) is 0 Å². The number of thioether (sulfide) groups is 1. The monoisotopic (exact) mass is 439 g/mol. The van der Waals surface area contributed by atoms with E-state index in [0.29, 0.717) is 5.75 Å². The Labute approximate surface area is 164 Å². The van der Waals surface area contributed by atoms with E-state index in [-0.39, 0.29) is 10.0 Å². The van der Waals surface area contributed by atoms with Crippen molar-refractivity contribution in [2.75, 3.05) is 5.75 Å². The van der Waals surface area contributed by atoms with Crippen LogP contribution < -0.4 is 16.4 Å². The number of oxime groups is 1. The zero-order chi connectivity index (χ0) is 21.4. The van der Waals surface area contributed by atoms with E-state index in [1.165, 1.54) is 32.5 Å². The van der Waals surface area contributed by atoms with Gasteiger partial charge in [0.25, 0.3) is 11.8 Å². The molecule has 2 saturated heterocycles. The third-order valence-electron chi connectivity index (χ3n) is 4.13. The van der Waals surface area contributed by atoms with Crippen LogP contribution in [-0.2, 0) is 29.5 Å². The third-order valence-corrected chi connectivity index (χ3v) is 6.16. The smallest absolute Gasteiger partial charge is 0.362 e. The second kappa shape index (κ2) is 7.82. The molecule has 2 unspecified atom stereocenters. The molecule has 2 aliphatic rings. The van der Waals surface area contributed by atoms with E-state index in [4.69, 9.17) is 20.2 Å². The molecule has 2 fully saturated rings. The normalized spacial score (nSPS) is 28.7. The minimum atomic E-state index is -4.74. The summed E-state index contributed by atoms with van der Waals surface area (Å²) < 4.78 is 31.5. The number of nitrogens with one attached hydrogen (secondary N) is 2. The molecule has 0 spiro atoms. The number of aliphatic carboxylic acids is 1. The van der Waals surface area contributed by atoms with Crippen LogP contribution >= 0.6 is 11.8 Å². The summed E-state index contributed by atoms with van der Waals surface area (Å²) in [7, 11) is -4.74. The molecule has 0 bridgehead atoms. The van der Waals surface area contributed by atoms with E-state index in [9.17, 15) is 22.8 Å². The molecule has 2 rings (SSSR count). The lowest BCUT2D eigenvalue weighted by atomic mass is 10.0. The average Bonchev–Trinajstić information content (AvgIpc) is 2.97. The molecule has 15 heteroatoms. The van der Waals surface area contributed by atoms with Crippen molar-refractivity contribution in [2.24, 2.45) is 10.9 Å². The van der Waals surface area contributed by atoms with Crippen LogP contribution in [-0.4, -0.2) is 80.9 Å². The first-order chi connectivity index (χ1) is 12.8. The number of amides is 2. The molecule has 158 valence electrons. The van der Waals surface area contributed by atoms with Gasteiger partial charge in [-0.15, -0.1) is 11.8 Å². The highest BCUT2D eigenvalue weighted by atomic mass is 32.2. The molecule has 2 amide bonds. The largest absolute Gasteiger partial charge is 0.478 e. The van der Waals surface area contributed by atoms with Gasteiger partial charge in [0.1, 0.15) is 11.5 Å². The van der Waals surface area contributed by atoms with Crippen LogP contribution in [0, 0.1) is 0 Å². The van der Waals surface area contributed by atoms with Gasteiger partial charge in [-0.05, 0) is 20.8 Å². The lowest BCUT2D eigenvalue weighted by Gasteiger charge is -2.42. The molecule has 0 aromatic rings. The first kappa shape index (κ1) is 22.4. The molecule has 0 radical (unpaired) electrons. The molecule has 28 heavy (non-hydrogen) atoms. The van der Waals surface area contributed by atoms with E-state index in [0.717, 1.165) is 0 Å². The summed E-state index contributed by atoms with van der Waals surface area (Å²) in [6.07, 6.45) is 0. The van der Waals surface area contributed by atoms with E-state index in [1.807, 2.05) is 0 Å². The molecule has 4 atom stereocenters. The van der Waals surface area contributed by atoms with Crippen molar-refractivity contribution >= 4 is 45.6 Å². The lowest BCUT2D eigenvalue weighted by molar-refractivity contribution is -0.161. The number of carbonyl (C=O) groups is 3. The first-order valence-electron chi connectivity index (χ1n) is 8.00. The van der Waals surface area contributed by atoms with Gasteiger partial charge in [-0.25, -0.2) is 9.10 Å². The van der Waals surface area contributed by atoms with Gasteiger partial charge >= 0.3 is 16.3 Å². The Morgan fingerprint density at radius 2 is 2.07 bits per heavy atom. The molecule has 0 aromatic carbocycles. The van der Waals surface area contributed by atoms with Gasteiger partial charge in [0.05, 0.1) is 12.1 Å². The Morgan fingerprint density at radius 1 is 1.46 bits per heavy atom. The summed E-state index contributed by atoms with van der Waals surface area (Å²) in [5, 5.41) is 17.9. The second-order valence-electron chi connectivity index (χ2n) is 6.66. The zero-order valence-electron chi connectivity index (χ0n) is 15.1. The number of nitrogens with two attached hydrogens (primary N) is 1. The van der Waals surface area contributed by atoms with Gasteiger partial charge in [0, 0.05) is 5.75 Å². The second-order valence-corrected chi connectivity index (χ2v) is 9.12. The fraction of sp³-hybridized carbons (Fsp3) is 0.692. The molecular formula is C13H21N5O8S2. The summed E-state index contributed by atoms with van der Waals surface area (Å²) in [5.41, 5.74) is 3.25. The first-order valence-corrected chi connectivity index (χ1v) is 10.4. The quantitative estimate of drug-likeness (QED) is 0.123. The maximum atomic E-state index is 12.6. The molecule has 0 aliphatic carbocycles. The van der Waals surface area contributed by atoms with E-state index < -0.39 is 57.3 Å². The van der Waals surface area contributed by atoms with Crippen LogP contribution in [0.5, 0.6) is 0 Å². The molecule has 2 heterocycles. The Kier molecular flexibility index (Phi) is 6.25. The predicted molar refractivity (Wildman–Crippen MR) is 97.4 cm³/mol. The summed E-state index contributed by atoms with van der Waals surface area (Å²) >= 11 is 1.28. The molecule has 6 N–H and O–H groups in total. The minimum Gasteiger partial charge on any atom is -0.478 e. The van der Waals surface area contributed by atoms with E-state index in [1.54, 1.807) is 0 Å². The molecule has 2 aliphatic heterocycles. The lowest BCUT2D eigenvalue weighted by Crippen LogP contribution is -2.71. The Balaban J connectivity index is 2.18. The summed E-state index contributed by atoms with van der Waals surface area (Å²) in [6, 6.07) is -2.92. The van der Waals surface area contributed by atoms with E-state index >= 15 is 0 Å². The number of rotatable bonds is 7. The van der Waals surface area contributed by atoms with Crippen LogP contribution in [0.1, 0.15) is 20.8 Å². The number of β-lactam (4-membered cyclic amide) rings is 1. The number of hydrogen-bond donors (Lipinski definition) is 5. The van der Waals surface area contributed by atoms with Crippen molar-refractivity contribution in [1.82, 2.24) is 14.9 Å². The van der Waals surface area contributed by atoms with Gasteiger partial charge < -0.3 is 21.0 Å². The summed E-state index contributed by atoms with van der Waals surface area (Å²) in [5.74, 6) is -2.86. The maximum Gasteiger partial charge on any atom is 0.362 e. The summed E-state index contributed by atoms with van der Waals surface area (Å²) in [4.78, 5) is 40.7. The van der Waals surface area contributed by atoms with Crippen molar-refractivity contribution in [2.45, 2.75) is 50.0 Å². The van der Waals surface area contributed by atoms with Crippen LogP contribution in [0.15, 0.2) is 5.16 Å². The topological polar surface area (TPSA) is 201 Å². The number of carboxylic acid groups (broad SMARTS) is 1. The number of hydrogen-bond acceptors (Lipinski definition) is 10. The Bertz CT molecular complexity index is 814. The average molecular weight is 439 g/mol. The van der Waals surface area contributed by atoms with Crippen molar-refractivity contribution in [1.29, 1.82) is 0 Å². The van der Waals surface area contributed by atoms with E-state index in [2.05, 4.69) is 15.8 Å². The standard InChI is InChI=1S/C13H21N5O8S2/c1-5-7(10(20)18(5)28(23,24)25)16-9(19)8(6-4-27-12(14)15-6)17-26-13(2,3)11(21)22/h5-7,12,15H,4,14H2,1-3H3,(H,16,19)(H,21,22)(H,23,24,25)/b17-8-/t5-,6?,7-,12?/m0/s1. The molecule has 0 saturated carbocycles. The molecule has 13 nitrogen and oxygen atoms in total. The highest BCUT2D eigenvalue weighted by Crippen LogP contribution is 2.23. The fourth-order valence-electron chi connectivity index (χ4n) is 2.44. The molecular weight excluding hydrogens is 418 g/mol. The zero-order valence-corrected chi connectivity index (χ0v) is 16.8. The van der Waals surface area contributed by atoms with Gasteiger partial charge in [0.15, 0.2) is 5.71 Å². The van der Waals surface area contributed by atoms with Gasteiger partial charge in [-0.1, -0.05) is 5.16 Å². The summed E-state index contributed by atoms with van der Waals surface area (Å²) in [6.45, 7) is 3.79. The third kappa shape index (κ3) is 4.54. The van der Waals surface area contributed by atoms with Crippen LogP contribution in [0.2, 0.25) is 0 Å². The van der Waals surface area contributed by atoms with Gasteiger partial charge in [-0.2, -0.15) is 8.42 Å². The Morgan fingerprint density at radius 3 is 2.50 bits per heavy atom. The van der Waals surface area contributed by atoms with Gasteiger partial charge in [-0.3, -0.25) is 19.5 Å². The van der Waals surface area contributed by atoms with Crippen LogP contribution in [0.25, 0.3) is 0 Å². The van der Waals surface area contributed by atoms with Gasteiger partial charge in [0.2, 0.25) is 5.60 Å². The SMILES string of the molecule is C[C@H]1[C@H](NC(=O)/C(=N\OC(C)(C)C(=O)O)C2CSC(N)N2)C(=O)N1S(=O)(=O)O. The number of nitrogens with zero attached hydrogens (tertiary/aromatic N) is 2. The fourth-order valence-corrected chi connectivity index (χ4v) is 4.23. The van der Waals surface area contributed by atoms with Crippen molar-refractivity contribution < 1.29 is 37.3 Å². The van der Waals surface area contributed by atoms with Crippen molar-refractivity contribution in [3.05, 3.63) is 0 Å². The minimum absolute atomic E-state index is 0.235. The van der Waals surface area contributed by atoms with Crippen molar-refractivity contribution in [3.63, 3.8) is 0 Å². The number of carboxylic acids is 1. The highest BCUT2D eigenvalue weighted by molar-refractivity contribution is 8.00. The highest BCUT2D eigenvalue weighted by Gasteiger charge is 2.52. The molecule has 0 aromatic heterocycles. The van der Waals surface area contributed by atoms with Crippen LogP contribution in [0.3, 0.4) is 0 Å². The number of carbonyl (C=O) groups excluding carboxylic acids is 2. The Hall–Kier alpha value is -1.94. The predicted octanol–water partition coefficient (Wildman–Crippen LogP) is -2.31. The maximum absolute atomic E-state index is 12.6. The van der Waals surface area contributed by atoms with Crippen molar-refractivity contribution in [3.8, 4) is 0 Å².